The average Bonchev–Trinajstić information content (AvgIpc) is 2.74. The molecule has 6 nitrogen and oxygen atoms in total. The summed E-state index contributed by atoms with van der Waals surface area (Å²) in [6, 6.07) is 0. The maximum atomic E-state index is 12.7. The highest BCUT2D eigenvalue weighted by atomic mass is 16.6. The van der Waals surface area contributed by atoms with Crippen molar-refractivity contribution in [1.29, 1.82) is 0 Å². The molecule has 2 aliphatic carbocycles. The Bertz CT molecular complexity index is 556. The van der Waals surface area contributed by atoms with Gasteiger partial charge in [0.1, 0.15) is 6.10 Å². The van der Waals surface area contributed by atoms with Gasteiger partial charge in [0.25, 0.3) is 0 Å². The van der Waals surface area contributed by atoms with Crippen LogP contribution >= 0.6 is 0 Å². The van der Waals surface area contributed by atoms with Crippen molar-refractivity contribution in [3.8, 4) is 0 Å². The third-order valence-corrected chi connectivity index (χ3v) is 6.03. The molecule has 0 spiro atoms. The Morgan fingerprint density at radius 2 is 1.69 bits per heavy atom. The van der Waals surface area contributed by atoms with Gasteiger partial charge in [-0.05, 0) is 57.8 Å². The fourth-order valence-corrected chi connectivity index (χ4v) is 4.17. The summed E-state index contributed by atoms with van der Waals surface area (Å²) in [6.07, 6.45) is 11.8. The first-order chi connectivity index (χ1) is 14.0. The normalized spacial score (nSPS) is 25.1. The van der Waals surface area contributed by atoms with E-state index in [9.17, 15) is 14.4 Å². The van der Waals surface area contributed by atoms with E-state index in [1.807, 2.05) is 0 Å². The highest BCUT2D eigenvalue weighted by Crippen LogP contribution is 2.37. The number of ether oxygens (including phenoxy) is 3. The zero-order valence-corrected chi connectivity index (χ0v) is 17.8. The Kier molecular flexibility index (Phi) is 9.68. The molecular weight excluding hydrogens is 372 g/mol. The standard InChI is InChI=1S/C23H36O6/c1-3-5-6-10-17-27-22(26)23(29-20(24)4-2)15-13-18(14-16-23)21(25)28-19-11-8-7-9-12-19/h4,18-19H,2-3,5-17H2,1H3. The van der Waals surface area contributed by atoms with E-state index in [-0.39, 0.29) is 30.8 Å². The van der Waals surface area contributed by atoms with Crippen LogP contribution in [0.4, 0.5) is 0 Å². The molecule has 0 unspecified atom stereocenters. The molecule has 0 aromatic carbocycles. The van der Waals surface area contributed by atoms with Crippen LogP contribution in [0.25, 0.3) is 0 Å². The van der Waals surface area contributed by atoms with E-state index >= 15 is 0 Å². The zero-order chi connectivity index (χ0) is 21.1. The lowest BCUT2D eigenvalue weighted by Crippen LogP contribution is -2.48. The lowest BCUT2D eigenvalue weighted by atomic mass is 9.78. The summed E-state index contributed by atoms with van der Waals surface area (Å²) in [5.74, 6) is -1.60. The van der Waals surface area contributed by atoms with Gasteiger partial charge in [-0.25, -0.2) is 9.59 Å². The number of unbranched alkanes of at least 4 members (excludes halogenated alkanes) is 3. The van der Waals surface area contributed by atoms with E-state index in [0.717, 1.165) is 57.4 Å². The van der Waals surface area contributed by atoms with Gasteiger partial charge in [0.05, 0.1) is 12.5 Å². The molecule has 0 aromatic rings. The van der Waals surface area contributed by atoms with Crippen LogP contribution in [0.3, 0.4) is 0 Å². The predicted molar refractivity (Wildman–Crippen MR) is 109 cm³/mol. The highest BCUT2D eigenvalue weighted by molar-refractivity contribution is 5.88. The van der Waals surface area contributed by atoms with Gasteiger partial charge in [0.2, 0.25) is 5.60 Å². The van der Waals surface area contributed by atoms with Crippen molar-refractivity contribution >= 4 is 17.9 Å². The third-order valence-electron chi connectivity index (χ3n) is 6.03. The lowest BCUT2D eigenvalue weighted by molar-refractivity contribution is -0.187. The van der Waals surface area contributed by atoms with Crippen molar-refractivity contribution in [3.05, 3.63) is 12.7 Å². The second kappa shape index (κ2) is 12.0. The number of rotatable bonds is 10. The quantitative estimate of drug-likeness (QED) is 0.227. The molecule has 0 aromatic heterocycles. The molecule has 29 heavy (non-hydrogen) atoms. The second-order valence-corrected chi connectivity index (χ2v) is 8.29. The maximum Gasteiger partial charge on any atom is 0.350 e. The van der Waals surface area contributed by atoms with E-state index in [1.54, 1.807) is 0 Å². The van der Waals surface area contributed by atoms with Gasteiger partial charge in [0, 0.05) is 6.08 Å². The summed E-state index contributed by atoms with van der Waals surface area (Å²) < 4.78 is 16.6. The largest absolute Gasteiger partial charge is 0.463 e. The van der Waals surface area contributed by atoms with Crippen LogP contribution in [0.15, 0.2) is 12.7 Å². The zero-order valence-electron chi connectivity index (χ0n) is 17.8. The minimum Gasteiger partial charge on any atom is -0.463 e. The molecule has 0 saturated heterocycles. The number of hydrogen-bond donors (Lipinski definition) is 0. The van der Waals surface area contributed by atoms with Crippen molar-refractivity contribution < 1.29 is 28.6 Å². The lowest BCUT2D eigenvalue weighted by Gasteiger charge is -2.37. The Morgan fingerprint density at radius 1 is 1.00 bits per heavy atom. The van der Waals surface area contributed by atoms with Crippen LogP contribution in [-0.2, 0) is 28.6 Å². The predicted octanol–water partition coefficient (Wildman–Crippen LogP) is 4.64. The molecule has 2 rings (SSSR count). The number of carbonyl (C=O) groups is 3. The third kappa shape index (κ3) is 7.16. The van der Waals surface area contributed by atoms with Crippen LogP contribution in [0.5, 0.6) is 0 Å². The molecule has 0 atom stereocenters. The van der Waals surface area contributed by atoms with E-state index in [1.165, 1.54) is 6.42 Å². The Labute approximate surface area is 174 Å². The molecule has 0 bridgehead atoms. The molecule has 2 saturated carbocycles. The van der Waals surface area contributed by atoms with Crippen LogP contribution in [0.1, 0.15) is 90.4 Å². The molecule has 164 valence electrons. The van der Waals surface area contributed by atoms with Gasteiger partial charge in [0.15, 0.2) is 0 Å². The van der Waals surface area contributed by atoms with Gasteiger partial charge < -0.3 is 14.2 Å². The fraction of sp³-hybridized carbons (Fsp3) is 0.783. The van der Waals surface area contributed by atoms with Gasteiger partial charge in [-0.3, -0.25) is 4.79 Å². The number of hydrogen-bond acceptors (Lipinski definition) is 6. The Hall–Kier alpha value is -1.85. The van der Waals surface area contributed by atoms with Crippen molar-refractivity contribution in [2.75, 3.05) is 6.61 Å². The van der Waals surface area contributed by atoms with Gasteiger partial charge in [-0.2, -0.15) is 0 Å². The molecule has 2 aliphatic rings. The summed E-state index contributed by atoms with van der Waals surface area (Å²) in [5.41, 5.74) is -1.32. The molecule has 0 aliphatic heterocycles. The van der Waals surface area contributed by atoms with E-state index in [0.29, 0.717) is 19.4 Å². The SMILES string of the molecule is C=CC(=O)OC1(C(=O)OCCCCCC)CCC(C(=O)OC2CCCCC2)CC1. The van der Waals surface area contributed by atoms with E-state index in [2.05, 4.69) is 13.5 Å². The minimum absolute atomic E-state index is 0.0228. The molecule has 2 fully saturated rings. The maximum absolute atomic E-state index is 12.7. The van der Waals surface area contributed by atoms with Crippen molar-refractivity contribution in [2.45, 2.75) is 102 Å². The van der Waals surface area contributed by atoms with E-state index in [4.69, 9.17) is 14.2 Å². The topological polar surface area (TPSA) is 78.9 Å². The van der Waals surface area contributed by atoms with Crippen molar-refractivity contribution in [2.24, 2.45) is 5.92 Å². The van der Waals surface area contributed by atoms with Gasteiger partial charge >= 0.3 is 17.9 Å². The molecule has 0 amide bonds. The van der Waals surface area contributed by atoms with Crippen LogP contribution in [0.2, 0.25) is 0 Å². The van der Waals surface area contributed by atoms with Crippen molar-refractivity contribution in [1.82, 2.24) is 0 Å². The summed E-state index contributed by atoms with van der Waals surface area (Å²) in [6.45, 7) is 5.86. The monoisotopic (exact) mass is 408 g/mol. The van der Waals surface area contributed by atoms with Crippen LogP contribution in [0, 0.1) is 5.92 Å². The molecule has 6 heteroatoms. The second-order valence-electron chi connectivity index (χ2n) is 8.29. The number of carbonyl (C=O) groups excluding carboxylic acids is 3. The summed E-state index contributed by atoms with van der Waals surface area (Å²) in [7, 11) is 0. The van der Waals surface area contributed by atoms with Crippen LogP contribution < -0.4 is 0 Å². The van der Waals surface area contributed by atoms with Crippen LogP contribution in [-0.4, -0.2) is 36.2 Å². The van der Waals surface area contributed by atoms with E-state index < -0.39 is 17.5 Å². The first-order valence-corrected chi connectivity index (χ1v) is 11.2. The summed E-state index contributed by atoms with van der Waals surface area (Å²) in [5, 5.41) is 0. The smallest absolute Gasteiger partial charge is 0.350 e. The van der Waals surface area contributed by atoms with Crippen molar-refractivity contribution in [3.63, 3.8) is 0 Å². The highest BCUT2D eigenvalue weighted by Gasteiger charge is 2.48. The number of esters is 3. The molecule has 0 heterocycles. The molecule has 0 radical (unpaired) electrons. The Morgan fingerprint density at radius 3 is 2.31 bits per heavy atom. The molecular formula is C23H36O6. The molecule has 0 N–H and O–H groups in total. The fourth-order valence-electron chi connectivity index (χ4n) is 4.17. The van der Waals surface area contributed by atoms with Gasteiger partial charge in [-0.15, -0.1) is 0 Å². The first-order valence-electron chi connectivity index (χ1n) is 11.2. The summed E-state index contributed by atoms with van der Waals surface area (Å²) >= 11 is 0. The summed E-state index contributed by atoms with van der Waals surface area (Å²) in [4.78, 5) is 37.1. The first kappa shape index (κ1) is 23.4. The minimum atomic E-state index is -1.32. The van der Waals surface area contributed by atoms with Gasteiger partial charge in [-0.1, -0.05) is 39.2 Å². The average molecular weight is 409 g/mol. The Balaban J connectivity index is 1.90.